The minimum atomic E-state index is -1.07. The number of carbonyl (C=O) groups excluding carboxylic acids is 1. The average Bonchev–Trinajstić information content (AvgIpc) is 2.81. The van der Waals surface area contributed by atoms with Crippen LogP contribution in [-0.2, 0) is 16.1 Å². The SMILES string of the molecule is CCCCC(=O)N(Cc1ccc(-c2ccc(OC=CC(=O)O)cc2)cc1)c1cccc(F)c1. The van der Waals surface area contributed by atoms with Crippen molar-refractivity contribution in [2.24, 2.45) is 0 Å². The molecule has 0 aliphatic carbocycles. The largest absolute Gasteiger partial charge is 0.478 e. The third-order valence-electron chi connectivity index (χ3n) is 5.06. The standard InChI is InChI=1S/C27H26FNO4/c1-2-3-7-26(30)29(24-6-4-5-23(28)18-24)19-20-8-10-21(11-9-20)22-12-14-25(15-13-22)33-17-16-27(31)32/h4-6,8-18H,2-3,7,19H2,1H3,(H,31,32). The van der Waals surface area contributed by atoms with E-state index in [1.165, 1.54) is 12.1 Å². The molecule has 0 bridgehead atoms. The first kappa shape index (κ1) is 23.7. The second kappa shape index (κ2) is 11.6. The Balaban J connectivity index is 1.73. The van der Waals surface area contributed by atoms with Gasteiger partial charge in [0.05, 0.1) is 18.9 Å². The van der Waals surface area contributed by atoms with Gasteiger partial charge in [-0.2, -0.15) is 0 Å². The van der Waals surface area contributed by atoms with Gasteiger partial charge in [0.2, 0.25) is 5.91 Å². The van der Waals surface area contributed by atoms with E-state index in [1.54, 1.807) is 29.2 Å². The lowest BCUT2D eigenvalue weighted by Gasteiger charge is -2.23. The number of carboxylic acid groups (broad SMARTS) is 1. The highest BCUT2D eigenvalue weighted by Gasteiger charge is 2.16. The van der Waals surface area contributed by atoms with E-state index in [-0.39, 0.29) is 11.7 Å². The first-order chi connectivity index (χ1) is 16.0. The second-order valence-electron chi connectivity index (χ2n) is 7.54. The lowest BCUT2D eigenvalue weighted by molar-refractivity contribution is -0.131. The maximum Gasteiger partial charge on any atom is 0.331 e. The van der Waals surface area contributed by atoms with Crippen LogP contribution in [0.1, 0.15) is 31.7 Å². The van der Waals surface area contributed by atoms with Crippen molar-refractivity contribution in [3.05, 3.63) is 96.5 Å². The summed E-state index contributed by atoms with van der Waals surface area (Å²) in [5.41, 5.74) is 3.44. The quantitative estimate of drug-likeness (QED) is 0.297. The van der Waals surface area contributed by atoms with Crippen LogP contribution < -0.4 is 9.64 Å². The number of rotatable bonds is 10. The van der Waals surface area contributed by atoms with E-state index in [0.717, 1.165) is 41.9 Å². The minimum Gasteiger partial charge on any atom is -0.478 e. The molecule has 3 aromatic rings. The predicted octanol–water partition coefficient (Wildman–Crippen LogP) is 6.19. The molecule has 0 spiro atoms. The van der Waals surface area contributed by atoms with Crippen LogP contribution >= 0.6 is 0 Å². The van der Waals surface area contributed by atoms with Crippen LogP contribution in [0.25, 0.3) is 11.1 Å². The van der Waals surface area contributed by atoms with Crippen molar-refractivity contribution in [1.29, 1.82) is 0 Å². The molecule has 0 aromatic heterocycles. The van der Waals surface area contributed by atoms with Gasteiger partial charge in [0.25, 0.3) is 0 Å². The zero-order valence-corrected chi connectivity index (χ0v) is 18.4. The Hall–Kier alpha value is -3.93. The highest BCUT2D eigenvalue weighted by molar-refractivity contribution is 5.93. The van der Waals surface area contributed by atoms with Crippen LogP contribution in [-0.4, -0.2) is 17.0 Å². The van der Waals surface area contributed by atoms with E-state index in [9.17, 15) is 14.0 Å². The molecule has 0 fully saturated rings. The van der Waals surface area contributed by atoms with Crippen LogP contribution in [0, 0.1) is 5.82 Å². The van der Waals surface area contributed by atoms with Gasteiger partial charge in [0.15, 0.2) is 0 Å². The maximum absolute atomic E-state index is 13.8. The average molecular weight is 448 g/mol. The van der Waals surface area contributed by atoms with E-state index in [1.807, 2.05) is 43.3 Å². The molecule has 170 valence electrons. The van der Waals surface area contributed by atoms with Crippen LogP contribution in [0.3, 0.4) is 0 Å². The summed E-state index contributed by atoms with van der Waals surface area (Å²) < 4.78 is 19.0. The molecule has 1 N–H and O–H groups in total. The maximum atomic E-state index is 13.8. The van der Waals surface area contributed by atoms with Crippen molar-refractivity contribution < 1.29 is 23.8 Å². The molecule has 0 aliphatic heterocycles. The molecule has 3 aromatic carbocycles. The minimum absolute atomic E-state index is 0.0286. The Labute approximate surface area is 192 Å². The zero-order valence-electron chi connectivity index (χ0n) is 18.4. The topological polar surface area (TPSA) is 66.8 Å². The van der Waals surface area contributed by atoms with Crippen molar-refractivity contribution >= 4 is 17.6 Å². The first-order valence-electron chi connectivity index (χ1n) is 10.8. The molecular formula is C27H26FNO4. The molecule has 6 heteroatoms. The number of carbonyl (C=O) groups is 2. The van der Waals surface area contributed by atoms with Crippen LogP contribution in [0.2, 0.25) is 0 Å². The molecule has 0 atom stereocenters. The summed E-state index contributed by atoms with van der Waals surface area (Å²) in [6.45, 7) is 2.39. The van der Waals surface area contributed by atoms with Gasteiger partial charge in [0.1, 0.15) is 11.6 Å². The van der Waals surface area contributed by atoms with Gasteiger partial charge >= 0.3 is 5.97 Å². The van der Waals surface area contributed by atoms with E-state index >= 15 is 0 Å². The van der Waals surface area contributed by atoms with Gasteiger partial charge < -0.3 is 14.7 Å². The third-order valence-corrected chi connectivity index (χ3v) is 5.06. The van der Waals surface area contributed by atoms with Crippen molar-refractivity contribution in [1.82, 2.24) is 0 Å². The number of hydrogen-bond acceptors (Lipinski definition) is 3. The van der Waals surface area contributed by atoms with Gasteiger partial charge in [0, 0.05) is 12.1 Å². The number of ether oxygens (including phenoxy) is 1. The second-order valence-corrected chi connectivity index (χ2v) is 7.54. The Kier molecular flexibility index (Phi) is 8.36. The fraction of sp³-hybridized carbons (Fsp3) is 0.185. The molecule has 0 unspecified atom stereocenters. The lowest BCUT2D eigenvalue weighted by atomic mass is 10.0. The number of nitrogens with zero attached hydrogens (tertiary/aromatic N) is 1. The molecule has 33 heavy (non-hydrogen) atoms. The van der Waals surface area contributed by atoms with Crippen LogP contribution in [0.4, 0.5) is 10.1 Å². The van der Waals surface area contributed by atoms with Gasteiger partial charge in [-0.3, -0.25) is 4.79 Å². The summed E-state index contributed by atoms with van der Waals surface area (Å²) in [5, 5.41) is 8.60. The normalized spacial score (nSPS) is 10.8. The van der Waals surface area contributed by atoms with Gasteiger partial charge in [-0.05, 0) is 53.4 Å². The Morgan fingerprint density at radius 3 is 2.27 bits per heavy atom. The van der Waals surface area contributed by atoms with Crippen molar-refractivity contribution in [3.8, 4) is 16.9 Å². The van der Waals surface area contributed by atoms with Crippen molar-refractivity contribution in [2.45, 2.75) is 32.7 Å². The molecule has 0 saturated heterocycles. The number of halogens is 1. The molecule has 0 heterocycles. The van der Waals surface area contributed by atoms with E-state index < -0.39 is 5.97 Å². The Morgan fingerprint density at radius 2 is 1.67 bits per heavy atom. The number of anilines is 1. The highest BCUT2D eigenvalue weighted by atomic mass is 19.1. The molecule has 1 amide bonds. The fourth-order valence-electron chi connectivity index (χ4n) is 3.31. The van der Waals surface area contributed by atoms with Crippen LogP contribution in [0.15, 0.2) is 85.1 Å². The lowest BCUT2D eigenvalue weighted by Crippen LogP contribution is -2.30. The Morgan fingerprint density at radius 1 is 1.00 bits per heavy atom. The van der Waals surface area contributed by atoms with Gasteiger partial charge in [-0.15, -0.1) is 0 Å². The molecule has 0 saturated carbocycles. The Bertz CT molecular complexity index is 1110. The van der Waals surface area contributed by atoms with Crippen molar-refractivity contribution in [3.63, 3.8) is 0 Å². The van der Waals surface area contributed by atoms with Crippen molar-refractivity contribution in [2.75, 3.05) is 4.90 Å². The number of carboxylic acids is 1. The smallest absolute Gasteiger partial charge is 0.331 e. The van der Waals surface area contributed by atoms with E-state index in [4.69, 9.17) is 9.84 Å². The molecule has 0 radical (unpaired) electrons. The fourth-order valence-corrected chi connectivity index (χ4v) is 3.31. The predicted molar refractivity (Wildman–Crippen MR) is 126 cm³/mol. The number of aliphatic carboxylic acids is 1. The zero-order chi connectivity index (χ0) is 23.6. The summed E-state index contributed by atoms with van der Waals surface area (Å²) in [7, 11) is 0. The molecule has 5 nitrogen and oxygen atoms in total. The van der Waals surface area contributed by atoms with Gasteiger partial charge in [-0.25, -0.2) is 9.18 Å². The summed E-state index contributed by atoms with van der Waals surface area (Å²) in [6.07, 6.45) is 4.17. The number of hydrogen-bond donors (Lipinski definition) is 1. The van der Waals surface area contributed by atoms with E-state index in [0.29, 0.717) is 24.4 Å². The molecule has 0 aliphatic rings. The summed E-state index contributed by atoms with van der Waals surface area (Å²) >= 11 is 0. The number of benzene rings is 3. The van der Waals surface area contributed by atoms with Gasteiger partial charge in [-0.1, -0.05) is 55.8 Å². The number of amides is 1. The van der Waals surface area contributed by atoms with E-state index in [2.05, 4.69) is 0 Å². The third kappa shape index (κ3) is 7.04. The highest BCUT2D eigenvalue weighted by Crippen LogP contribution is 2.25. The summed E-state index contributed by atoms with van der Waals surface area (Å²) in [5.74, 6) is -0.944. The molecular weight excluding hydrogens is 421 g/mol. The monoisotopic (exact) mass is 447 g/mol. The molecule has 3 rings (SSSR count). The summed E-state index contributed by atoms with van der Waals surface area (Å²) in [4.78, 5) is 24.9. The first-order valence-corrected chi connectivity index (χ1v) is 10.8. The summed E-state index contributed by atoms with van der Waals surface area (Å²) in [6, 6.07) is 21.2. The van der Waals surface area contributed by atoms with Crippen LogP contribution in [0.5, 0.6) is 5.75 Å². The number of unbranched alkanes of at least 4 members (excludes halogenated alkanes) is 1.